The van der Waals surface area contributed by atoms with Crippen molar-refractivity contribution in [3.8, 4) is 5.75 Å². The van der Waals surface area contributed by atoms with Crippen molar-refractivity contribution in [2.24, 2.45) is 0 Å². The summed E-state index contributed by atoms with van der Waals surface area (Å²) < 4.78 is 23.1. The van der Waals surface area contributed by atoms with Crippen molar-refractivity contribution in [2.75, 3.05) is 14.2 Å². The number of ether oxygens (including phenoxy) is 2. The highest BCUT2D eigenvalue weighted by atomic mass is 35.5. The lowest BCUT2D eigenvalue weighted by Gasteiger charge is -2.16. The molecule has 1 rings (SSSR count). The van der Waals surface area contributed by atoms with E-state index in [0.717, 1.165) is 7.11 Å². The third-order valence-corrected chi connectivity index (χ3v) is 2.57. The molecule has 0 saturated carbocycles. The Morgan fingerprint density at radius 2 is 2.12 bits per heavy atom. The van der Waals surface area contributed by atoms with Crippen LogP contribution < -0.4 is 4.74 Å². The second-order valence-electron chi connectivity index (χ2n) is 3.36. The summed E-state index contributed by atoms with van der Waals surface area (Å²) in [7, 11) is 2.40. The van der Waals surface area contributed by atoms with Crippen LogP contribution >= 0.6 is 11.6 Å². The van der Waals surface area contributed by atoms with E-state index in [1.54, 1.807) is 6.92 Å². The van der Waals surface area contributed by atoms with Crippen molar-refractivity contribution in [1.82, 2.24) is 0 Å². The molecule has 1 N–H and O–H groups in total. The first kappa shape index (κ1) is 13.7. The molecule has 0 amide bonds. The third kappa shape index (κ3) is 2.50. The van der Waals surface area contributed by atoms with Gasteiger partial charge in [-0.15, -0.1) is 0 Å². The highest BCUT2D eigenvalue weighted by molar-refractivity contribution is 6.31. The number of aliphatic hydroxyl groups is 1. The van der Waals surface area contributed by atoms with Crippen LogP contribution in [0.4, 0.5) is 4.39 Å². The molecule has 1 aromatic rings. The van der Waals surface area contributed by atoms with E-state index < -0.39 is 17.9 Å². The highest BCUT2D eigenvalue weighted by Crippen LogP contribution is 2.35. The van der Waals surface area contributed by atoms with Gasteiger partial charge in [0, 0.05) is 0 Å². The smallest absolute Gasteiger partial charge is 0.339 e. The van der Waals surface area contributed by atoms with Gasteiger partial charge in [0.1, 0.15) is 5.75 Å². The van der Waals surface area contributed by atoms with Gasteiger partial charge < -0.3 is 14.6 Å². The minimum atomic E-state index is -1.77. The molecule has 0 spiro atoms. The molecule has 4 nitrogen and oxygen atoms in total. The Balaban J connectivity index is 3.44. The minimum absolute atomic E-state index is 0.0739. The Hall–Kier alpha value is -1.33. The number of rotatable bonds is 3. The number of methoxy groups -OCH3 is 2. The van der Waals surface area contributed by atoms with Crippen LogP contribution in [0.5, 0.6) is 5.75 Å². The molecule has 0 fully saturated rings. The standard InChI is InChI=1S/C11H12ClFO4/c1-5-4-6(12)8(13)7(10(5)16-2)9(14)11(15)17-3/h4,9,14H,1-3H3. The Labute approximate surface area is 103 Å². The predicted molar refractivity (Wildman–Crippen MR) is 59.7 cm³/mol. The molecule has 0 bridgehead atoms. The number of benzene rings is 1. The maximum absolute atomic E-state index is 13.8. The van der Waals surface area contributed by atoms with E-state index in [9.17, 15) is 14.3 Å². The summed E-state index contributed by atoms with van der Waals surface area (Å²) >= 11 is 5.65. The number of hydrogen-bond donors (Lipinski definition) is 1. The van der Waals surface area contributed by atoms with Gasteiger partial charge in [-0.2, -0.15) is 0 Å². The van der Waals surface area contributed by atoms with E-state index in [1.165, 1.54) is 13.2 Å². The zero-order chi connectivity index (χ0) is 13.2. The molecule has 1 atom stereocenters. The van der Waals surface area contributed by atoms with Gasteiger partial charge in [0.25, 0.3) is 0 Å². The lowest BCUT2D eigenvalue weighted by atomic mass is 10.0. The first-order valence-corrected chi connectivity index (χ1v) is 5.10. The number of halogens is 2. The number of aliphatic hydroxyl groups excluding tert-OH is 1. The lowest BCUT2D eigenvalue weighted by molar-refractivity contribution is -0.151. The Morgan fingerprint density at radius 3 is 2.59 bits per heavy atom. The summed E-state index contributed by atoms with van der Waals surface area (Å²) in [5, 5.41) is 9.48. The summed E-state index contributed by atoms with van der Waals surface area (Å²) in [5.41, 5.74) is 0.196. The maximum atomic E-state index is 13.8. The van der Waals surface area contributed by atoms with Gasteiger partial charge in [0.2, 0.25) is 0 Å². The number of aryl methyl sites for hydroxylation is 1. The highest BCUT2D eigenvalue weighted by Gasteiger charge is 2.28. The first-order valence-electron chi connectivity index (χ1n) is 4.72. The molecule has 94 valence electrons. The third-order valence-electron chi connectivity index (χ3n) is 2.29. The molecule has 17 heavy (non-hydrogen) atoms. The van der Waals surface area contributed by atoms with Crippen molar-refractivity contribution in [3.05, 3.63) is 28.0 Å². The van der Waals surface area contributed by atoms with Crippen LogP contribution in [0, 0.1) is 12.7 Å². The van der Waals surface area contributed by atoms with Crippen LogP contribution in [-0.2, 0) is 9.53 Å². The monoisotopic (exact) mass is 262 g/mol. The van der Waals surface area contributed by atoms with Crippen LogP contribution in [0.3, 0.4) is 0 Å². The molecule has 0 aliphatic heterocycles. The predicted octanol–water partition coefficient (Wildman–Crippen LogP) is 2.00. The van der Waals surface area contributed by atoms with Crippen molar-refractivity contribution in [1.29, 1.82) is 0 Å². The Bertz CT molecular complexity index is 448. The molecular weight excluding hydrogens is 251 g/mol. The van der Waals surface area contributed by atoms with E-state index >= 15 is 0 Å². The van der Waals surface area contributed by atoms with E-state index in [4.69, 9.17) is 16.3 Å². The van der Waals surface area contributed by atoms with Crippen molar-refractivity contribution in [2.45, 2.75) is 13.0 Å². The fourth-order valence-corrected chi connectivity index (χ4v) is 1.77. The fourth-order valence-electron chi connectivity index (χ4n) is 1.50. The van der Waals surface area contributed by atoms with Gasteiger partial charge in [0.05, 0.1) is 24.8 Å². The number of esters is 1. The molecular formula is C11H12ClFO4. The summed E-state index contributed by atoms with van der Waals surface area (Å²) in [6.45, 7) is 1.62. The zero-order valence-electron chi connectivity index (χ0n) is 9.58. The Kier molecular flexibility index (Phi) is 4.31. The number of hydrogen-bond acceptors (Lipinski definition) is 4. The summed E-state index contributed by atoms with van der Waals surface area (Å²) in [4.78, 5) is 11.2. The molecule has 0 heterocycles. The van der Waals surface area contributed by atoms with Gasteiger partial charge in [-0.1, -0.05) is 11.6 Å². The molecule has 0 saturated heterocycles. The molecule has 0 aromatic heterocycles. The second-order valence-corrected chi connectivity index (χ2v) is 3.77. The van der Waals surface area contributed by atoms with Gasteiger partial charge in [-0.3, -0.25) is 0 Å². The fraction of sp³-hybridized carbons (Fsp3) is 0.364. The quantitative estimate of drug-likeness (QED) is 0.847. The Morgan fingerprint density at radius 1 is 1.53 bits per heavy atom. The van der Waals surface area contributed by atoms with E-state index in [-0.39, 0.29) is 16.3 Å². The zero-order valence-corrected chi connectivity index (χ0v) is 10.3. The van der Waals surface area contributed by atoms with Crippen LogP contribution in [0.1, 0.15) is 17.2 Å². The number of carbonyl (C=O) groups is 1. The molecule has 1 unspecified atom stereocenters. The minimum Gasteiger partial charge on any atom is -0.496 e. The molecule has 0 aliphatic rings. The van der Waals surface area contributed by atoms with E-state index in [1.807, 2.05) is 0 Å². The average molecular weight is 263 g/mol. The van der Waals surface area contributed by atoms with Crippen molar-refractivity contribution >= 4 is 17.6 Å². The lowest BCUT2D eigenvalue weighted by Crippen LogP contribution is -2.16. The molecule has 6 heteroatoms. The SMILES string of the molecule is COC(=O)C(O)c1c(F)c(Cl)cc(C)c1OC. The van der Waals surface area contributed by atoms with Gasteiger partial charge >= 0.3 is 5.97 Å². The molecule has 0 radical (unpaired) electrons. The largest absolute Gasteiger partial charge is 0.496 e. The maximum Gasteiger partial charge on any atom is 0.339 e. The van der Waals surface area contributed by atoms with Gasteiger partial charge in [-0.25, -0.2) is 9.18 Å². The van der Waals surface area contributed by atoms with Crippen molar-refractivity contribution < 1.29 is 23.8 Å². The average Bonchev–Trinajstić information content (AvgIpc) is 2.31. The molecule has 1 aromatic carbocycles. The summed E-state index contributed by atoms with van der Waals surface area (Å²) in [6, 6.07) is 1.35. The van der Waals surface area contributed by atoms with Gasteiger partial charge in [-0.05, 0) is 18.6 Å². The van der Waals surface area contributed by atoms with Crippen LogP contribution in [0.2, 0.25) is 5.02 Å². The summed E-state index contributed by atoms with van der Waals surface area (Å²) in [5.74, 6) is -1.80. The van der Waals surface area contributed by atoms with Crippen LogP contribution in [0.15, 0.2) is 6.07 Å². The van der Waals surface area contributed by atoms with E-state index in [0.29, 0.717) is 5.56 Å². The van der Waals surface area contributed by atoms with E-state index in [2.05, 4.69) is 4.74 Å². The molecule has 0 aliphatic carbocycles. The summed E-state index contributed by atoms with van der Waals surface area (Å²) in [6.07, 6.45) is -1.77. The van der Waals surface area contributed by atoms with Crippen LogP contribution in [-0.4, -0.2) is 25.3 Å². The number of carbonyl (C=O) groups excluding carboxylic acids is 1. The van der Waals surface area contributed by atoms with Gasteiger partial charge in [0.15, 0.2) is 11.9 Å². The van der Waals surface area contributed by atoms with Crippen molar-refractivity contribution in [3.63, 3.8) is 0 Å². The van der Waals surface area contributed by atoms with Crippen LogP contribution in [0.25, 0.3) is 0 Å². The second kappa shape index (κ2) is 5.33. The topological polar surface area (TPSA) is 55.8 Å². The normalized spacial score (nSPS) is 12.1. The first-order chi connectivity index (χ1) is 7.93.